The van der Waals surface area contributed by atoms with Crippen molar-refractivity contribution in [3.8, 4) is 0 Å². The van der Waals surface area contributed by atoms with Gasteiger partial charge in [0.2, 0.25) is 5.89 Å². The van der Waals surface area contributed by atoms with Crippen molar-refractivity contribution in [2.45, 2.75) is 27.3 Å². The molecule has 0 bridgehead atoms. The van der Waals surface area contributed by atoms with E-state index in [1.165, 1.54) is 0 Å². The van der Waals surface area contributed by atoms with E-state index < -0.39 is 0 Å². The molecule has 1 rings (SSSR count). The predicted octanol–water partition coefficient (Wildman–Crippen LogP) is 1.25. The summed E-state index contributed by atoms with van der Waals surface area (Å²) in [4.78, 5) is 0. The highest BCUT2D eigenvalue weighted by Crippen LogP contribution is 2.14. The van der Waals surface area contributed by atoms with Crippen LogP contribution in [0, 0.1) is 5.41 Å². The maximum Gasteiger partial charge on any atom is 0.315 e. The van der Waals surface area contributed by atoms with Crippen LogP contribution in [0.2, 0.25) is 0 Å². The van der Waals surface area contributed by atoms with E-state index in [0.717, 1.165) is 6.54 Å². The second-order valence-corrected chi connectivity index (χ2v) is 4.45. The summed E-state index contributed by atoms with van der Waals surface area (Å²) in [6.45, 7) is 7.85. The highest BCUT2D eigenvalue weighted by Gasteiger charge is 2.12. The van der Waals surface area contributed by atoms with Crippen LogP contribution >= 0.6 is 0 Å². The molecule has 0 aromatic carbocycles. The van der Waals surface area contributed by atoms with Gasteiger partial charge in [-0.25, -0.2) is 0 Å². The van der Waals surface area contributed by atoms with Gasteiger partial charge < -0.3 is 15.1 Å². The Labute approximate surface area is 84.3 Å². The van der Waals surface area contributed by atoms with Crippen molar-refractivity contribution < 1.29 is 4.42 Å². The van der Waals surface area contributed by atoms with Gasteiger partial charge in [0.05, 0.1) is 6.54 Å². The molecule has 5 nitrogen and oxygen atoms in total. The summed E-state index contributed by atoms with van der Waals surface area (Å²) in [5.74, 6) is 0.601. The first kappa shape index (κ1) is 11.0. The SMILES string of the molecule is CNCc1nnc(NCC(C)(C)C)o1. The lowest BCUT2D eigenvalue weighted by Crippen LogP contribution is -2.19. The van der Waals surface area contributed by atoms with Crippen LogP contribution in [-0.4, -0.2) is 23.8 Å². The van der Waals surface area contributed by atoms with Gasteiger partial charge in [0, 0.05) is 6.54 Å². The van der Waals surface area contributed by atoms with E-state index in [0.29, 0.717) is 18.5 Å². The van der Waals surface area contributed by atoms with Crippen molar-refractivity contribution in [2.24, 2.45) is 5.41 Å². The largest absolute Gasteiger partial charge is 0.407 e. The Morgan fingerprint density at radius 2 is 2.00 bits per heavy atom. The van der Waals surface area contributed by atoms with Crippen LogP contribution in [0.25, 0.3) is 0 Å². The molecule has 0 aliphatic heterocycles. The highest BCUT2D eigenvalue weighted by atomic mass is 16.4. The molecular weight excluding hydrogens is 180 g/mol. The molecule has 0 amide bonds. The smallest absolute Gasteiger partial charge is 0.315 e. The highest BCUT2D eigenvalue weighted by molar-refractivity contribution is 5.17. The molecule has 0 fully saturated rings. The maximum absolute atomic E-state index is 5.32. The molecule has 1 aromatic heterocycles. The number of rotatable bonds is 4. The van der Waals surface area contributed by atoms with Crippen LogP contribution in [-0.2, 0) is 6.54 Å². The summed E-state index contributed by atoms with van der Waals surface area (Å²) in [5, 5.41) is 13.8. The van der Waals surface area contributed by atoms with Crippen LogP contribution in [0.3, 0.4) is 0 Å². The molecule has 2 N–H and O–H groups in total. The van der Waals surface area contributed by atoms with Crippen LogP contribution in [0.1, 0.15) is 26.7 Å². The van der Waals surface area contributed by atoms with Crippen molar-refractivity contribution in [1.82, 2.24) is 15.5 Å². The molecule has 0 spiro atoms. The van der Waals surface area contributed by atoms with Gasteiger partial charge in [0.25, 0.3) is 0 Å². The summed E-state index contributed by atoms with van der Waals surface area (Å²) in [6.07, 6.45) is 0. The number of hydrogen-bond acceptors (Lipinski definition) is 5. The van der Waals surface area contributed by atoms with Crippen LogP contribution in [0.4, 0.5) is 6.01 Å². The van der Waals surface area contributed by atoms with Gasteiger partial charge in [0.1, 0.15) is 0 Å². The third-order valence-corrected chi connectivity index (χ3v) is 1.56. The third-order valence-electron chi connectivity index (χ3n) is 1.56. The summed E-state index contributed by atoms with van der Waals surface area (Å²) < 4.78 is 5.32. The molecule has 0 saturated carbocycles. The van der Waals surface area contributed by atoms with E-state index in [2.05, 4.69) is 41.6 Å². The lowest BCUT2D eigenvalue weighted by atomic mass is 9.97. The fraction of sp³-hybridized carbons (Fsp3) is 0.778. The molecule has 14 heavy (non-hydrogen) atoms. The van der Waals surface area contributed by atoms with E-state index in [4.69, 9.17) is 4.42 Å². The van der Waals surface area contributed by atoms with Gasteiger partial charge in [0.15, 0.2) is 0 Å². The van der Waals surface area contributed by atoms with Crippen LogP contribution < -0.4 is 10.6 Å². The molecule has 0 saturated heterocycles. The number of nitrogens with one attached hydrogen (secondary N) is 2. The van der Waals surface area contributed by atoms with Crippen LogP contribution in [0.5, 0.6) is 0 Å². The predicted molar refractivity (Wildman–Crippen MR) is 55.0 cm³/mol. The lowest BCUT2D eigenvalue weighted by molar-refractivity contribution is 0.428. The van der Waals surface area contributed by atoms with Gasteiger partial charge in [-0.1, -0.05) is 25.9 Å². The molecule has 1 heterocycles. The van der Waals surface area contributed by atoms with Crippen molar-refractivity contribution in [2.75, 3.05) is 18.9 Å². The quantitative estimate of drug-likeness (QED) is 0.762. The van der Waals surface area contributed by atoms with Crippen molar-refractivity contribution in [1.29, 1.82) is 0 Å². The van der Waals surface area contributed by atoms with Crippen LogP contribution in [0.15, 0.2) is 4.42 Å². The lowest BCUT2D eigenvalue weighted by Gasteiger charge is -2.17. The topological polar surface area (TPSA) is 63.0 Å². The van der Waals surface area contributed by atoms with E-state index in [1.807, 2.05) is 7.05 Å². The Balaban J connectivity index is 2.44. The van der Waals surface area contributed by atoms with Crippen molar-refractivity contribution in [3.63, 3.8) is 0 Å². The zero-order valence-electron chi connectivity index (χ0n) is 9.22. The first-order chi connectivity index (χ1) is 6.51. The van der Waals surface area contributed by atoms with Crippen molar-refractivity contribution in [3.05, 3.63) is 5.89 Å². The fourth-order valence-electron chi connectivity index (χ4n) is 0.888. The summed E-state index contributed by atoms with van der Waals surface area (Å²) >= 11 is 0. The second-order valence-electron chi connectivity index (χ2n) is 4.45. The molecule has 1 aromatic rings. The van der Waals surface area contributed by atoms with Crippen molar-refractivity contribution >= 4 is 6.01 Å². The Morgan fingerprint density at radius 3 is 2.57 bits per heavy atom. The number of aromatic nitrogens is 2. The maximum atomic E-state index is 5.32. The van der Waals surface area contributed by atoms with E-state index >= 15 is 0 Å². The Hall–Kier alpha value is -1.10. The van der Waals surface area contributed by atoms with Gasteiger partial charge in [-0.3, -0.25) is 0 Å². The standard InChI is InChI=1S/C9H18N4O/c1-9(2,3)6-11-8-13-12-7(14-8)5-10-4/h10H,5-6H2,1-4H3,(H,11,13). The van der Waals surface area contributed by atoms with E-state index in [-0.39, 0.29) is 5.41 Å². The fourth-order valence-corrected chi connectivity index (χ4v) is 0.888. The first-order valence-electron chi connectivity index (χ1n) is 4.72. The number of hydrogen-bond donors (Lipinski definition) is 2. The normalized spacial score (nSPS) is 11.7. The second kappa shape index (κ2) is 4.41. The average Bonchev–Trinajstić information content (AvgIpc) is 2.49. The molecule has 0 radical (unpaired) electrons. The first-order valence-corrected chi connectivity index (χ1v) is 4.72. The minimum atomic E-state index is 0.206. The van der Waals surface area contributed by atoms with Gasteiger partial charge in [-0.15, -0.1) is 5.10 Å². The summed E-state index contributed by atoms with van der Waals surface area (Å²) in [6, 6.07) is 0.491. The Kier molecular flexibility index (Phi) is 3.46. The van der Waals surface area contributed by atoms with E-state index in [9.17, 15) is 0 Å². The Bertz CT molecular complexity index is 277. The molecule has 80 valence electrons. The zero-order valence-corrected chi connectivity index (χ0v) is 9.22. The zero-order chi connectivity index (χ0) is 10.6. The molecule has 0 atom stereocenters. The Morgan fingerprint density at radius 1 is 1.29 bits per heavy atom. The summed E-state index contributed by atoms with van der Waals surface area (Å²) in [7, 11) is 1.84. The van der Waals surface area contributed by atoms with E-state index in [1.54, 1.807) is 0 Å². The average molecular weight is 198 g/mol. The molecule has 0 aliphatic carbocycles. The summed E-state index contributed by atoms with van der Waals surface area (Å²) in [5.41, 5.74) is 0.206. The number of nitrogens with zero attached hydrogens (tertiary/aromatic N) is 2. The molecule has 0 aliphatic rings. The number of anilines is 1. The molecular formula is C9H18N4O. The van der Waals surface area contributed by atoms with Gasteiger partial charge in [-0.2, -0.15) is 0 Å². The van der Waals surface area contributed by atoms with Gasteiger partial charge in [-0.05, 0) is 12.5 Å². The minimum Gasteiger partial charge on any atom is -0.407 e. The third kappa shape index (κ3) is 3.74. The molecule has 5 heteroatoms. The monoisotopic (exact) mass is 198 g/mol. The molecule has 0 unspecified atom stereocenters. The van der Waals surface area contributed by atoms with Gasteiger partial charge >= 0.3 is 6.01 Å². The minimum absolute atomic E-state index is 0.206.